The van der Waals surface area contributed by atoms with Crippen molar-refractivity contribution in [2.75, 3.05) is 6.61 Å². The molecule has 0 amide bonds. The molecule has 1 atom stereocenters. The molecule has 0 spiro atoms. The molecule has 1 fully saturated rings. The Morgan fingerprint density at radius 1 is 1.15 bits per heavy atom. The van der Waals surface area contributed by atoms with Gasteiger partial charge in [0.2, 0.25) is 5.78 Å². The van der Waals surface area contributed by atoms with Gasteiger partial charge in [-0.05, 0) is 49.1 Å². The number of Topliss-reactive ketones (excluding diaryl/α,β-unsaturated/α-hetero) is 2. The third-order valence-corrected chi connectivity index (χ3v) is 5.78. The van der Waals surface area contributed by atoms with Gasteiger partial charge in [-0.2, -0.15) is 0 Å². The number of aryl methyl sites for hydroxylation is 1. The molecule has 0 radical (unpaired) electrons. The van der Waals surface area contributed by atoms with Crippen molar-refractivity contribution >= 4 is 28.4 Å². The van der Waals surface area contributed by atoms with Crippen molar-refractivity contribution in [3.63, 3.8) is 0 Å². The van der Waals surface area contributed by atoms with Gasteiger partial charge in [-0.15, -0.1) is 0 Å². The van der Waals surface area contributed by atoms with Crippen LogP contribution < -0.4 is 4.74 Å². The molecule has 1 aliphatic heterocycles. The lowest BCUT2D eigenvalue weighted by molar-refractivity contribution is -0.123. The molecule has 1 aliphatic rings. The molecule has 1 saturated heterocycles. The van der Waals surface area contributed by atoms with Crippen LogP contribution in [0.2, 0.25) is 0 Å². The molecule has 140 valence electrons. The van der Waals surface area contributed by atoms with E-state index in [2.05, 4.69) is 4.98 Å². The van der Waals surface area contributed by atoms with Gasteiger partial charge in [0.1, 0.15) is 11.4 Å². The van der Waals surface area contributed by atoms with Crippen LogP contribution in [-0.4, -0.2) is 33.0 Å². The van der Waals surface area contributed by atoms with E-state index in [1.165, 1.54) is 0 Å². The number of hydrogen-bond donors (Lipinski definition) is 0. The van der Waals surface area contributed by atoms with E-state index in [4.69, 9.17) is 4.74 Å². The minimum Gasteiger partial charge on any atom is -0.485 e. The summed E-state index contributed by atoms with van der Waals surface area (Å²) in [5, 5.41) is -0.0680. The second-order valence-corrected chi connectivity index (χ2v) is 8.30. The number of aromatic nitrogens is 1. The fraction of sp³-hybridized carbons (Fsp3) is 0.333. The van der Waals surface area contributed by atoms with Gasteiger partial charge in [0.25, 0.3) is 0 Å². The first kappa shape index (κ1) is 19.3. The number of benzene rings is 1. The number of carbonyl (C=O) groups is 3. The van der Waals surface area contributed by atoms with Crippen LogP contribution in [0, 0.1) is 0 Å². The molecule has 2 aromatic rings. The van der Waals surface area contributed by atoms with E-state index in [0.717, 1.165) is 29.3 Å². The number of pyridine rings is 1. The van der Waals surface area contributed by atoms with Crippen molar-refractivity contribution in [1.29, 1.82) is 0 Å². The quantitative estimate of drug-likeness (QED) is 0.539. The highest BCUT2D eigenvalue weighted by Crippen LogP contribution is 2.38. The maximum Gasteiger partial charge on any atom is 0.218 e. The van der Waals surface area contributed by atoms with Gasteiger partial charge in [0, 0.05) is 6.20 Å². The molecule has 3 rings (SSSR count). The summed E-state index contributed by atoms with van der Waals surface area (Å²) < 4.78 is 4.86. The Labute approximate surface area is 162 Å². The van der Waals surface area contributed by atoms with Gasteiger partial charge in [0.15, 0.2) is 17.5 Å². The number of carbonyl (C=O) groups excluding carboxylic acids is 3. The number of nitrogens with zero attached hydrogens (tertiary/aromatic N) is 1. The number of thioether (sulfide) groups is 1. The third kappa shape index (κ3) is 4.63. The number of rotatable bonds is 7. The molecular formula is C21H21NO4S. The van der Waals surface area contributed by atoms with Crippen LogP contribution in [0.15, 0.2) is 42.6 Å². The van der Waals surface area contributed by atoms with E-state index in [-0.39, 0.29) is 29.7 Å². The van der Waals surface area contributed by atoms with Gasteiger partial charge in [0.05, 0.1) is 11.2 Å². The summed E-state index contributed by atoms with van der Waals surface area (Å²) in [5.41, 5.74) is 2.42. The fourth-order valence-corrected chi connectivity index (χ4v) is 4.04. The van der Waals surface area contributed by atoms with Gasteiger partial charge in [-0.1, -0.05) is 36.9 Å². The molecule has 0 aliphatic carbocycles. The maximum absolute atomic E-state index is 12.2. The number of hydrogen-bond acceptors (Lipinski definition) is 6. The van der Waals surface area contributed by atoms with Crippen molar-refractivity contribution in [3.8, 4) is 5.75 Å². The molecule has 27 heavy (non-hydrogen) atoms. The van der Waals surface area contributed by atoms with Gasteiger partial charge in [-0.25, -0.2) is 0 Å². The first-order valence-electron chi connectivity index (χ1n) is 8.84. The standard InChI is InChI=1S/C21H21NO4S/c1-3-14-6-9-17(22-12-14)18(23)13-26-16-7-4-15(5-8-16)11-21(2)19(24)10-20(25)27-21/h4-9,12H,3,10-11,13H2,1-2H3/t21-/m0/s1. The SMILES string of the molecule is CCc1ccc(C(=O)COc2ccc(C[C@]3(C)SC(=O)CC3=O)cc2)nc1. The van der Waals surface area contributed by atoms with Crippen molar-refractivity contribution in [3.05, 3.63) is 59.4 Å². The summed E-state index contributed by atoms with van der Waals surface area (Å²) in [5.74, 6) is 0.370. The predicted octanol–water partition coefficient (Wildman–Crippen LogP) is 3.44. The highest BCUT2D eigenvalue weighted by atomic mass is 32.2. The van der Waals surface area contributed by atoms with Crippen molar-refractivity contribution < 1.29 is 19.1 Å². The Balaban J connectivity index is 1.56. The Morgan fingerprint density at radius 3 is 2.41 bits per heavy atom. The van der Waals surface area contributed by atoms with Crippen LogP contribution in [0.5, 0.6) is 5.75 Å². The number of ether oxygens (including phenoxy) is 1. The van der Waals surface area contributed by atoms with Crippen LogP contribution in [-0.2, 0) is 22.4 Å². The minimum atomic E-state index is -0.689. The minimum absolute atomic E-state index is 0.0117. The third-order valence-electron chi connectivity index (χ3n) is 4.59. The summed E-state index contributed by atoms with van der Waals surface area (Å²) >= 11 is 1.12. The van der Waals surface area contributed by atoms with Crippen LogP contribution in [0.25, 0.3) is 0 Å². The van der Waals surface area contributed by atoms with Crippen molar-refractivity contribution in [2.24, 2.45) is 0 Å². The van der Waals surface area contributed by atoms with E-state index < -0.39 is 4.75 Å². The Bertz CT molecular complexity index is 861. The molecule has 1 aromatic carbocycles. The van der Waals surface area contributed by atoms with Crippen molar-refractivity contribution in [1.82, 2.24) is 4.98 Å². The Morgan fingerprint density at radius 2 is 1.85 bits per heavy atom. The topological polar surface area (TPSA) is 73.3 Å². The maximum atomic E-state index is 12.2. The lowest BCUT2D eigenvalue weighted by atomic mass is 9.95. The Kier molecular flexibility index (Phi) is 5.75. The van der Waals surface area contributed by atoms with E-state index in [0.29, 0.717) is 17.9 Å². The van der Waals surface area contributed by atoms with E-state index in [9.17, 15) is 14.4 Å². The molecular weight excluding hydrogens is 362 g/mol. The van der Waals surface area contributed by atoms with Crippen molar-refractivity contribution in [2.45, 2.75) is 37.9 Å². The fourth-order valence-electron chi connectivity index (χ4n) is 2.91. The lowest BCUT2D eigenvalue weighted by Crippen LogP contribution is -2.29. The van der Waals surface area contributed by atoms with Crippen LogP contribution in [0.3, 0.4) is 0 Å². The summed E-state index contributed by atoms with van der Waals surface area (Å²) in [6.45, 7) is 3.76. The van der Waals surface area contributed by atoms with Gasteiger partial charge in [-0.3, -0.25) is 19.4 Å². The second-order valence-electron chi connectivity index (χ2n) is 6.74. The molecule has 6 heteroatoms. The van der Waals surface area contributed by atoms with Crippen LogP contribution >= 0.6 is 11.8 Å². The molecule has 0 unspecified atom stereocenters. The van der Waals surface area contributed by atoms with Gasteiger partial charge < -0.3 is 4.74 Å². The number of ketones is 2. The van der Waals surface area contributed by atoms with E-state index in [1.807, 2.05) is 32.0 Å². The highest BCUT2D eigenvalue weighted by molar-refractivity contribution is 8.16. The largest absolute Gasteiger partial charge is 0.485 e. The monoisotopic (exact) mass is 383 g/mol. The summed E-state index contributed by atoms with van der Waals surface area (Å²) in [6, 6.07) is 10.9. The first-order chi connectivity index (χ1) is 12.9. The zero-order valence-corrected chi connectivity index (χ0v) is 16.2. The normalized spacial score (nSPS) is 19.3. The predicted molar refractivity (Wildman–Crippen MR) is 104 cm³/mol. The molecule has 0 saturated carbocycles. The molecule has 2 heterocycles. The molecule has 0 N–H and O–H groups in total. The lowest BCUT2D eigenvalue weighted by Gasteiger charge is -2.19. The van der Waals surface area contributed by atoms with E-state index in [1.54, 1.807) is 24.4 Å². The second kappa shape index (κ2) is 8.05. The summed E-state index contributed by atoms with van der Waals surface area (Å²) in [7, 11) is 0. The average molecular weight is 383 g/mol. The smallest absolute Gasteiger partial charge is 0.218 e. The zero-order valence-electron chi connectivity index (χ0n) is 15.4. The summed E-state index contributed by atoms with van der Waals surface area (Å²) in [6.07, 6.45) is 3.09. The van der Waals surface area contributed by atoms with Gasteiger partial charge >= 0.3 is 0 Å². The zero-order chi connectivity index (χ0) is 19.4. The molecule has 1 aromatic heterocycles. The highest BCUT2D eigenvalue weighted by Gasteiger charge is 2.43. The average Bonchev–Trinajstić information content (AvgIpc) is 2.92. The van der Waals surface area contributed by atoms with Crippen LogP contribution in [0.4, 0.5) is 0 Å². The molecule has 5 nitrogen and oxygen atoms in total. The van der Waals surface area contributed by atoms with E-state index >= 15 is 0 Å². The summed E-state index contributed by atoms with van der Waals surface area (Å²) in [4.78, 5) is 39.8. The first-order valence-corrected chi connectivity index (χ1v) is 9.66. The van der Waals surface area contributed by atoms with Crippen LogP contribution in [0.1, 0.15) is 41.9 Å². The Hall–Kier alpha value is -2.47. The molecule has 0 bridgehead atoms.